The van der Waals surface area contributed by atoms with E-state index < -0.39 is 5.97 Å². The van der Waals surface area contributed by atoms with Crippen molar-refractivity contribution in [1.82, 2.24) is 20.6 Å². The largest absolute Gasteiger partial charge is 0.477 e. The zero-order valence-electron chi connectivity index (χ0n) is 14.2. The lowest BCUT2D eigenvalue weighted by Crippen LogP contribution is -2.27. The minimum Gasteiger partial charge on any atom is -0.477 e. The Morgan fingerprint density at radius 2 is 1.44 bits per heavy atom. The van der Waals surface area contributed by atoms with E-state index in [0.717, 1.165) is 5.69 Å². The maximum Gasteiger partial charge on any atom is 0.354 e. The molecule has 0 aromatic carbocycles. The van der Waals surface area contributed by atoms with E-state index in [1.165, 1.54) is 6.07 Å². The molecule has 2 rings (SSSR count). The zero-order chi connectivity index (χ0) is 18.1. The van der Waals surface area contributed by atoms with E-state index in [1.54, 1.807) is 18.2 Å². The van der Waals surface area contributed by atoms with Crippen molar-refractivity contribution in [2.45, 2.75) is 26.4 Å². The molecule has 0 saturated heterocycles. The minimum absolute atomic E-state index is 0.0413. The van der Waals surface area contributed by atoms with Gasteiger partial charge in [0.15, 0.2) is 5.78 Å². The number of nitrogens with one attached hydrogen (secondary N) is 2. The molecule has 0 radical (unpaired) electrons. The van der Waals surface area contributed by atoms with Crippen molar-refractivity contribution in [2.75, 3.05) is 13.1 Å². The van der Waals surface area contributed by atoms with E-state index in [0.29, 0.717) is 44.0 Å². The number of carboxylic acid groups (broad SMARTS) is 1. The van der Waals surface area contributed by atoms with E-state index in [9.17, 15) is 9.59 Å². The van der Waals surface area contributed by atoms with Crippen molar-refractivity contribution in [1.29, 1.82) is 0 Å². The van der Waals surface area contributed by atoms with E-state index in [2.05, 4.69) is 20.6 Å². The molecule has 0 amide bonds. The summed E-state index contributed by atoms with van der Waals surface area (Å²) < 4.78 is 0. The van der Waals surface area contributed by atoms with Crippen molar-refractivity contribution in [3.05, 3.63) is 59.2 Å². The fourth-order valence-electron chi connectivity index (χ4n) is 2.22. The van der Waals surface area contributed by atoms with Gasteiger partial charge >= 0.3 is 5.97 Å². The third kappa shape index (κ3) is 6.06. The number of carbonyl (C=O) groups is 2. The first-order valence-corrected chi connectivity index (χ1v) is 8.20. The normalized spacial score (nSPS) is 10.6. The van der Waals surface area contributed by atoms with Gasteiger partial charge in [0.1, 0.15) is 11.4 Å². The van der Waals surface area contributed by atoms with Crippen LogP contribution in [0.15, 0.2) is 36.4 Å². The number of carboxylic acids is 1. The average Bonchev–Trinajstić information content (AvgIpc) is 2.64. The Bertz CT molecular complexity index is 734. The molecule has 132 valence electrons. The molecule has 3 N–H and O–H groups in total. The monoisotopic (exact) mass is 342 g/mol. The Morgan fingerprint density at radius 1 is 0.920 bits per heavy atom. The quantitative estimate of drug-likeness (QED) is 0.445. The van der Waals surface area contributed by atoms with Gasteiger partial charge in [0.25, 0.3) is 0 Å². The molecule has 0 aliphatic rings. The van der Waals surface area contributed by atoms with Crippen LogP contribution in [0.2, 0.25) is 0 Å². The molecule has 7 heteroatoms. The summed E-state index contributed by atoms with van der Waals surface area (Å²) in [4.78, 5) is 30.9. The van der Waals surface area contributed by atoms with Crippen LogP contribution in [0.1, 0.15) is 45.7 Å². The lowest BCUT2D eigenvalue weighted by atomic mass is 10.2. The molecule has 2 aromatic heterocycles. The molecule has 0 aliphatic heterocycles. The molecular formula is C18H22N4O3. The fourth-order valence-corrected chi connectivity index (χ4v) is 2.22. The predicted octanol–water partition coefficient (Wildman–Crippen LogP) is 1.65. The Morgan fingerprint density at radius 3 is 1.96 bits per heavy atom. The van der Waals surface area contributed by atoms with Gasteiger partial charge in [0, 0.05) is 32.6 Å². The number of hydrogen-bond acceptors (Lipinski definition) is 6. The molecule has 0 aliphatic carbocycles. The Kier molecular flexibility index (Phi) is 7.18. The highest BCUT2D eigenvalue weighted by atomic mass is 16.4. The smallest absolute Gasteiger partial charge is 0.354 e. The van der Waals surface area contributed by atoms with Gasteiger partial charge in [-0.25, -0.2) is 14.8 Å². The van der Waals surface area contributed by atoms with Gasteiger partial charge in [-0.2, -0.15) is 0 Å². The summed E-state index contributed by atoms with van der Waals surface area (Å²) in [6.07, 6.45) is 0.449. The highest BCUT2D eigenvalue weighted by Crippen LogP contribution is 2.02. The topological polar surface area (TPSA) is 104 Å². The Hall–Kier alpha value is -2.64. The molecular weight excluding hydrogens is 320 g/mol. The second kappa shape index (κ2) is 9.61. The molecule has 25 heavy (non-hydrogen) atoms. The van der Waals surface area contributed by atoms with E-state index in [4.69, 9.17) is 5.11 Å². The van der Waals surface area contributed by atoms with Crippen LogP contribution in [0.4, 0.5) is 0 Å². The molecule has 2 heterocycles. The first-order chi connectivity index (χ1) is 12.1. The summed E-state index contributed by atoms with van der Waals surface area (Å²) in [6.45, 7) is 4.32. The van der Waals surface area contributed by atoms with Gasteiger partial charge in [0.2, 0.25) is 0 Å². The molecule has 0 unspecified atom stereocenters. The summed E-state index contributed by atoms with van der Waals surface area (Å²) in [5.74, 6) is -0.987. The van der Waals surface area contributed by atoms with Crippen LogP contribution in [-0.4, -0.2) is 39.9 Å². The molecule has 0 atom stereocenters. The minimum atomic E-state index is -1.03. The maximum absolute atomic E-state index is 11.6. The number of ketones is 1. The number of carbonyl (C=O) groups excluding carboxylic acids is 1. The van der Waals surface area contributed by atoms with Crippen molar-refractivity contribution in [2.24, 2.45) is 0 Å². The standard InChI is InChI=1S/C18H22N4O3/c1-2-17(23)15-7-3-5-13(21-15)11-19-9-10-20-12-14-6-4-8-16(22-14)18(24)25/h3-8,19-20H,2,9-12H2,1H3,(H,24,25). The van der Waals surface area contributed by atoms with E-state index in [-0.39, 0.29) is 11.5 Å². The van der Waals surface area contributed by atoms with Crippen molar-refractivity contribution in [3.63, 3.8) is 0 Å². The zero-order valence-corrected chi connectivity index (χ0v) is 14.2. The van der Waals surface area contributed by atoms with E-state index in [1.807, 2.05) is 19.1 Å². The number of nitrogens with zero attached hydrogens (tertiary/aromatic N) is 2. The first kappa shape index (κ1) is 18.7. The van der Waals surface area contributed by atoms with Gasteiger partial charge in [0.05, 0.1) is 11.4 Å². The van der Waals surface area contributed by atoms with Crippen molar-refractivity contribution < 1.29 is 14.7 Å². The van der Waals surface area contributed by atoms with E-state index >= 15 is 0 Å². The second-order valence-electron chi connectivity index (χ2n) is 5.46. The van der Waals surface area contributed by atoms with Crippen LogP contribution in [0.5, 0.6) is 0 Å². The summed E-state index contributed by atoms with van der Waals surface area (Å²) >= 11 is 0. The molecule has 0 saturated carbocycles. The summed E-state index contributed by atoms with van der Waals surface area (Å²) in [5.41, 5.74) is 2.07. The van der Waals surface area contributed by atoms with Crippen LogP contribution in [-0.2, 0) is 13.1 Å². The number of pyridine rings is 2. The summed E-state index contributed by atoms with van der Waals surface area (Å²) in [6, 6.07) is 10.4. The van der Waals surface area contributed by atoms with Gasteiger partial charge in [-0.3, -0.25) is 4.79 Å². The molecule has 0 fully saturated rings. The first-order valence-electron chi connectivity index (χ1n) is 8.20. The summed E-state index contributed by atoms with van der Waals surface area (Å²) in [7, 11) is 0. The van der Waals surface area contributed by atoms with Crippen LogP contribution < -0.4 is 10.6 Å². The van der Waals surface area contributed by atoms with Crippen LogP contribution in [0.25, 0.3) is 0 Å². The molecule has 0 spiro atoms. The van der Waals surface area contributed by atoms with Gasteiger partial charge in [-0.05, 0) is 24.3 Å². The highest BCUT2D eigenvalue weighted by Gasteiger charge is 2.06. The Balaban J connectivity index is 1.69. The molecule has 0 bridgehead atoms. The number of aromatic nitrogens is 2. The Labute approximate surface area is 146 Å². The van der Waals surface area contributed by atoms with Gasteiger partial charge in [-0.15, -0.1) is 0 Å². The number of hydrogen-bond donors (Lipinski definition) is 3. The molecule has 7 nitrogen and oxygen atoms in total. The summed E-state index contributed by atoms with van der Waals surface area (Å²) in [5, 5.41) is 15.4. The molecule has 2 aromatic rings. The maximum atomic E-state index is 11.6. The van der Waals surface area contributed by atoms with Crippen molar-refractivity contribution in [3.8, 4) is 0 Å². The third-order valence-corrected chi connectivity index (χ3v) is 3.53. The average molecular weight is 342 g/mol. The predicted molar refractivity (Wildman–Crippen MR) is 93.5 cm³/mol. The lowest BCUT2D eigenvalue weighted by molar-refractivity contribution is 0.0690. The van der Waals surface area contributed by atoms with Crippen molar-refractivity contribution >= 4 is 11.8 Å². The van der Waals surface area contributed by atoms with Gasteiger partial charge < -0.3 is 15.7 Å². The lowest BCUT2D eigenvalue weighted by Gasteiger charge is -2.07. The van der Waals surface area contributed by atoms with Crippen LogP contribution in [0.3, 0.4) is 0 Å². The highest BCUT2D eigenvalue weighted by molar-refractivity contribution is 5.93. The van der Waals surface area contributed by atoms with Crippen LogP contribution in [0, 0.1) is 0 Å². The van der Waals surface area contributed by atoms with Gasteiger partial charge in [-0.1, -0.05) is 19.1 Å². The van der Waals surface area contributed by atoms with Crippen LogP contribution >= 0.6 is 0 Å². The fraction of sp³-hybridized carbons (Fsp3) is 0.333. The number of aromatic carboxylic acids is 1. The third-order valence-electron chi connectivity index (χ3n) is 3.53. The second-order valence-corrected chi connectivity index (χ2v) is 5.46. The number of rotatable bonds is 10. The SMILES string of the molecule is CCC(=O)c1cccc(CNCCNCc2cccc(C(=O)O)n2)n1. The number of Topliss-reactive ketones (excluding diaryl/α,β-unsaturated/α-hetero) is 1.